The Balaban J connectivity index is 2.30. The van der Waals surface area contributed by atoms with Gasteiger partial charge in [-0.25, -0.2) is 0 Å². The van der Waals surface area contributed by atoms with Crippen molar-refractivity contribution >= 4 is 0 Å². The lowest BCUT2D eigenvalue weighted by Gasteiger charge is -2.11. The zero-order valence-corrected chi connectivity index (χ0v) is 8.13. The van der Waals surface area contributed by atoms with Crippen molar-refractivity contribution in [2.75, 3.05) is 13.7 Å². The molecule has 2 rings (SSSR count). The van der Waals surface area contributed by atoms with Gasteiger partial charge in [-0.15, -0.1) is 0 Å². The molecule has 1 heterocycles. The second-order valence-corrected chi connectivity index (χ2v) is 3.48. The summed E-state index contributed by atoms with van der Waals surface area (Å²) in [5.41, 5.74) is 2.69. The van der Waals surface area contributed by atoms with Crippen molar-refractivity contribution in [2.24, 2.45) is 0 Å². The standard InChI is InChI=1S/C11H15NO/c1-8(12-2)9-3-4-11-10(7-9)5-6-13-11/h3-4,7-8,12H,5-6H2,1-2H3. The van der Waals surface area contributed by atoms with E-state index in [1.54, 1.807) is 0 Å². The van der Waals surface area contributed by atoms with Crippen molar-refractivity contribution in [3.8, 4) is 5.75 Å². The highest BCUT2D eigenvalue weighted by molar-refractivity contribution is 5.40. The minimum absolute atomic E-state index is 0.422. The van der Waals surface area contributed by atoms with Gasteiger partial charge in [-0.05, 0) is 31.2 Å². The molecule has 0 saturated heterocycles. The molecule has 2 nitrogen and oxygen atoms in total. The SMILES string of the molecule is CNC(C)c1ccc2c(c1)CCO2. The molecule has 1 atom stereocenters. The van der Waals surface area contributed by atoms with Gasteiger partial charge >= 0.3 is 0 Å². The molecule has 2 heteroatoms. The van der Waals surface area contributed by atoms with E-state index in [1.807, 2.05) is 7.05 Å². The lowest BCUT2D eigenvalue weighted by molar-refractivity contribution is 0.357. The van der Waals surface area contributed by atoms with Crippen molar-refractivity contribution in [1.29, 1.82) is 0 Å². The van der Waals surface area contributed by atoms with Gasteiger partial charge in [0.05, 0.1) is 6.61 Å². The van der Waals surface area contributed by atoms with Crippen LogP contribution in [0.25, 0.3) is 0 Å². The molecule has 1 aromatic carbocycles. The normalized spacial score (nSPS) is 16.5. The summed E-state index contributed by atoms with van der Waals surface area (Å²) in [7, 11) is 1.98. The van der Waals surface area contributed by atoms with Gasteiger partial charge in [-0.1, -0.05) is 12.1 Å². The average molecular weight is 177 g/mol. The Morgan fingerprint density at radius 2 is 2.31 bits per heavy atom. The van der Waals surface area contributed by atoms with Crippen LogP contribution in [0.1, 0.15) is 24.1 Å². The Morgan fingerprint density at radius 3 is 3.08 bits per heavy atom. The summed E-state index contributed by atoms with van der Waals surface area (Å²) in [5.74, 6) is 1.06. The third-order valence-electron chi connectivity index (χ3n) is 2.65. The van der Waals surface area contributed by atoms with Crippen LogP contribution >= 0.6 is 0 Å². The van der Waals surface area contributed by atoms with E-state index in [0.29, 0.717) is 6.04 Å². The first kappa shape index (κ1) is 8.57. The summed E-state index contributed by atoms with van der Waals surface area (Å²) >= 11 is 0. The van der Waals surface area contributed by atoms with Crippen LogP contribution < -0.4 is 10.1 Å². The Morgan fingerprint density at radius 1 is 1.46 bits per heavy atom. The fourth-order valence-electron chi connectivity index (χ4n) is 1.64. The second-order valence-electron chi connectivity index (χ2n) is 3.48. The number of benzene rings is 1. The van der Waals surface area contributed by atoms with Gasteiger partial charge < -0.3 is 10.1 Å². The van der Waals surface area contributed by atoms with Crippen LogP contribution in [-0.4, -0.2) is 13.7 Å². The minimum Gasteiger partial charge on any atom is -0.493 e. The van der Waals surface area contributed by atoms with E-state index >= 15 is 0 Å². The van der Waals surface area contributed by atoms with Crippen molar-refractivity contribution in [1.82, 2.24) is 5.32 Å². The average Bonchev–Trinajstić information content (AvgIpc) is 2.63. The number of fused-ring (bicyclic) bond motifs is 1. The molecule has 1 unspecified atom stereocenters. The zero-order valence-electron chi connectivity index (χ0n) is 8.13. The lowest BCUT2D eigenvalue weighted by Crippen LogP contribution is -2.12. The van der Waals surface area contributed by atoms with Crippen LogP contribution in [0.3, 0.4) is 0 Å². The van der Waals surface area contributed by atoms with E-state index in [-0.39, 0.29) is 0 Å². The van der Waals surface area contributed by atoms with Crippen molar-refractivity contribution < 1.29 is 4.74 Å². The number of ether oxygens (including phenoxy) is 1. The number of rotatable bonds is 2. The summed E-state index contributed by atoms with van der Waals surface area (Å²) in [6.45, 7) is 3.00. The first-order chi connectivity index (χ1) is 6.31. The molecule has 0 saturated carbocycles. The molecule has 1 aliphatic heterocycles. The Kier molecular flexibility index (Phi) is 2.23. The number of hydrogen-bond donors (Lipinski definition) is 1. The van der Waals surface area contributed by atoms with Crippen LogP contribution in [0.5, 0.6) is 5.75 Å². The van der Waals surface area contributed by atoms with Crippen LogP contribution in [0.4, 0.5) is 0 Å². The quantitative estimate of drug-likeness (QED) is 0.745. The highest BCUT2D eigenvalue weighted by atomic mass is 16.5. The van der Waals surface area contributed by atoms with Gasteiger partial charge in [0.1, 0.15) is 5.75 Å². The summed E-state index contributed by atoms with van der Waals surface area (Å²) in [6, 6.07) is 6.87. The fraction of sp³-hybridized carbons (Fsp3) is 0.455. The van der Waals surface area contributed by atoms with Crippen LogP contribution in [-0.2, 0) is 6.42 Å². The molecule has 0 radical (unpaired) electrons. The van der Waals surface area contributed by atoms with Gasteiger partial charge in [0, 0.05) is 12.5 Å². The van der Waals surface area contributed by atoms with Gasteiger partial charge in [-0.3, -0.25) is 0 Å². The smallest absolute Gasteiger partial charge is 0.122 e. The Labute approximate surface area is 78.9 Å². The molecule has 1 N–H and O–H groups in total. The monoisotopic (exact) mass is 177 g/mol. The molecule has 0 amide bonds. The molecule has 1 aromatic rings. The predicted molar refractivity (Wildman–Crippen MR) is 53.1 cm³/mol. The number of nitrogens with one attached hydrogen (secondary N) is 1. The van der Waals surface area contributed by atoms with E-state index in [1.165, 1.54) is 11.1 Å². The van der Waals surface area contributed by atoms with E-state index in [9.17, 15) is 0 Å². The Bertz CT molecular complexity index is 309. The molecule has 0 aliphatic carbocycles. The van der Waals surface area contributed by atoms with E-state index < -0.39 is 0 Å². The summed E-state index contributed by atoms with van der Waals surface area (Å²) < 4.78 is 5.45. The summed E-state index contributed by atoms with van der Waals surface area (Å²) in [4.78, 5) is 0. The van der Waals surface area contributed by atoms with Crippen LogP contribution in [0.2, 0.25) is 0 Å². The maximum atomic E-state index is 5.45. The van der Waals surface area contributed by atoms with Gasteiger partial charge in [-0.2, -0.15) is 0 Å². The van der Waals surface area contributed by atoms with E-state index in [2.05, 4.69) is 30.4 Å². The van der Waals surface area contributed by atoms with Crippen LogP contribution in [0.15, 0.2) is 18.2 Å². The molecule has 0 aromatic heterocycles. The van der Waals surface area contributed by atoms with Gasteiger partial charge in [0.2, 0.25) is 0 Å². The van der Waals surface area contributed by atoms with Gasteiger partial charge in [0.15, 0.2) is 0 Å². The van der Waals surface area contributed by atoms with Crippen molar-refractivity contribution in [3.63, 3.8) is 0 Å². The Hall–Kier alpha value is -1.02. The largest absolute Gasteiger partial charge is 0.493 e. The first-order valence-corrected chi connectivity index (χ1v) is 4.74. The molecular weight excluding hydrogens is 162 g/mol. The maximum absolute atomic E-state index is 5.45. The maximum Gasteiger partial charge on any atom is 0.122 e. The van der Waals surface area contributed by atoms with Crippen molar-refractivity contribution in [2.45, 2.75) is 19.4 Å². The molecule has 1 aliphatic rings. The third-order valence-corrected chi connectivity index (χ3v) is 2.65. The minimum atomic E-state index is 0.422. The topological polar surface area (TPSA) is 21.3 Å². The molecule has 0 bridgehead atoms. The first-order valence-electron chi connectivity index (χ1n) is 4.74. The molecule has 0 fully saturated rings. The van der Waals surface area contributed by atoms with E-state index in [4.69, 9.17) is 4.74 Å². The highest BCUT2D eigenvalue weighted by Gasteiger charge is 2.13. The zero-order chi connectivity index (χ0) is 9.26. The highest BCUT2D eigenvalue weighted by Crippen LogP contribution is 2.27. The fourth-order valence-corrected chi connectivity index (χ4v) is 1.64. The molecule has 0 spiro atoms. The molecule has 70 valence electrons. The second kappa shape index (κ2) is 3.38. The summed E-state index contributed by atoms with van der Waals surface area (Å²) in [6.07, 6.45) is 1.06. The lowest BCUT2D eigenvalue weighted by atomic mass is 10.0. The van der Waals surface area contributed by atoms with Gasteiger partial charge in [0.25, 0.3) is 0 Å². The number of hydrogen-bond acceptors (Lipinski definition) is 2. The van der Waals surface area contributed by atoms with Crippen LogP contribution in [0, 0.1) is 0 Å². The van der Waals surface area contributed by atoms with Crippen molar-refractivity contribution in [3.05, 3.63) is 29.3 Å². The van der Waals surface area contributed by atoms with E-state index in [0.717, 1.165) is 18.8 Å². The predicted octanol–water partition coefficient (Wildman–Crippen LogP) is 1.90. The molecular formula is C11H15NO. The third kappa shape index (κ3) is 1.54. The molecule has 13 heavy (non-hydrogen) atoms. The summed E-state index contributed by atoms with van der Waals surface area (Å²) in [5, 5.41) is 3.23.